The molecule has 0 aliphatic carbocycles. The van der Waals surface area contributed by atoms with E-state index in [0.29, 0.717) is 0 Å². The third kappa shape index (κ3) is 1.77. The number of hydrogen-bond acceptors (Lipinski definition) is 3. The highest BCUT2D eigenvalue weighted by Crippen LogP contribution is 2.16. The summed E-state index contributed by atoms with van der Waals surface area (Å²) >= 11 is 0. The van der Waals surface area contributed by atoms with Crippen LogP contribution in [0.15, 0.2) is 12.4 Å². The molecule has 2 N–H and O–H groups in total. The lowest BCUT2D eigenvalue weighted by atomic mass is 10.1. The predicted octanol–water partition coefficient (Wildman–Crippen LogP) is 0.853. The Morgan fingerprint density at radius 3 is 3.07 bits per heavy atom. The van der Waals surface area contributed by atoms with Crippen molar-refractivity contribution in [1.82, 2.24) is 15.1 Å². The van der Waals surface area contributed by atoms with Gasteiger partial charge < -0.3 is 5.11 Å². The maximum absolute atomic E-state index is 10.6. The van der Waals surface area contributed by atoms with Crippen molar-refractivity contribution in [2.24, 2.45) is 0 Å². The molecule has 2 rings (SSSR count). The molecule has 1 aliphatic rings. The highest BCUT2D eigenvalue weighted by atomic mass is 16.4. The smallest absolute Gasteiger partial charge is 0.338 e. The minimum absolute atomic E-state index is 0.164. The fourth-order valence-corrected chi connectivity index (χ4v) is 1.68. The summed E-state index contributed by atoms with van der Waals surface area (Å²) in [5.41, 5.74) is 0.248. The molecular formula is C9H13N3O2. The molecular weight excluding hydrogens is 182 g/mol. The summed E-state index contributed by atoms with van der Waals surface area (Å²) in [7, 11) is 0. The second-order valence-corrected chi connectivity index (χ2v) is 3.48. The van der Waals surface area contributed by atoms with Gasteiger partial charge >= 0.3 is 5.97 Å². The quantitative estimate of drug-likeness (QED) is 0.734. The van der Waals surface area contributed by atoms with Gasteiger partial charge in [-0.25, -0.2) is 4.79 Å². The van der Waals surface area contributed by atoms with Gasteiger partial charge in [0.2, 0.25) is 0 Å². The van der Waals surface area contributed by atoms with Gasteiger partial charge in [0.25, 0.3) is 0 Å². The van der Waals surface area contributed by atoms with Crippen LogP contribution in [0.4, 0.5) is 0 Å². The lowest BCUT2D eigenvalue weighted by Gasteiger charge is -2.23. The molecule has 0 unspecified atom stereocenters. The normalized spacial score (nSPS) is 22.1. The highest BCUT2D eigenvalue weighted by Gasteiger charge is 2.16. The van der Waals surface area contributed by atoms with Gasteiger partial charge in [-0.3, -0.25) is 10.00 Å². The van der Waals surface area contributed by atoms with Crippen LogP contribution < -0.4 is 5.32 Å². The van der Waals surface area contributed by atoms with Gasteiger partial charge in [-0.2, -0.15) is 5.10 Å². The summed E-state index contributed by atoms with van der Waals surface area (Å²) in [4.78, 5) is 10.6. The second kappa shape index (κ2) is 3.79. The molecule has 14 heavy (non-hydrogen) atoms. The number of carboxylic acids is 1. The molecule has 2 heterocycles. The number of carboxylic acid groups (broad SMARTS) is 1. The Morgan fingerprint density at radius 1 is 1.64 bits per heavy atom. The predicted molar refractivity (Wildman–Crippen MR) is 50.1 cm³/mol. The number of hydrogen-bond donors (Lipinski definition) is 2. The van der Waals surface area contributed by atoms with Gasteiger partial charge in [-0.1, -0.05) is 0 Å². The van der Waals surface area contributed by atoms with Gasteiger partial charge in [-0.15, -0.1) is 0 Å². The third-order valence-electron chi connectivity index (χ3n) is 2.45. The number of aromatic carboxylic acids is 1. The Bertz CT molecular complexity index is 329. The van der Waals surface area contributed by atoms with E-state index in [2.05, 4.69) is 10.4 Å². The van der Waals surface area contributed by atoms with Gasteiger partial charge in [0.15, 0.2) is 0 Å². The minimum Gasteiger partial charge on any atom is -0.478 e. The lowest BCUT2D eigenvalue weighted by molar-refractivity contribution is 0.0696. The molecule has 0 aromatic carbocycles. The summed E-state index contributed by atoms with van der Waals surface area (Å²) in [5.74, 6) is -0.924. The van der Waals surface area contributed by atoms with E-state index in [1.165, 1.54) is 19.0 Å². The van der Waals surface area contributed by atoms with Crippen LogP contribution in [0.2, 0.25) is 0 Å². The van der Waals surface area contributed by atoms with Crippen LogP contribution in [-0.2, 0) is 0 Å². The van der Waals surface area contributed by atoms with Crippen molar-refractivity contribution in [2.45, 2.75) is 25.4 Å². The van der Waals surface area contributed by atoms with E-state index >= 15 is 0 Å². The Hall–Kier alpha value is -1.36. The number of aromatic nitrogens is 2. The Kier molecular flexibility index (Phi) is 2.49. The zero-order valence-electron chi connectivity index (χ0n) is 7.81. The van der Waals surface area contributed by atoms with E-state index < -0.39 is 5.97 Å². The van der Waals surface area contributed by atoms with Crippen LogP contribution >= 0.6 is 0 Å². The fourth-order valence-electron chi connectivity index (χ4n) is 1.68. The van der Waals surface area contributed by atoms with Crippen molar-refractivity contribution in [3.05, 3.63) is 18.0 Å². The standard InChI is InChI=1S/C9H13N3O2/c13-9(14)7-5-11-12(6-7)8-3-1-2-4-10-8/h5-6,8,10H,1-4H2,(H,13,14)/t8-/m0/s1. The summed E-state index contributed by atoms with van der Waals surface area (Å²) < 4.78 is 1.70. The van der Waals surface area contributed by atoms with Crippen LogP contribution in [-0.4, -0.2) is 27.4 Å². The molecule has 1 aromatic heterocycles. The van der Waals surface area contributed by atoms with Gasteiger partial charge in [0, 0.05) is 6.20 Å². The van der Waals surface area contributed by atoms with Crippen LogP contribution in [0.5, 0.6) is 0 Å². The van der Waals surface area contributed by atoms with Crippen LogP contribution in [0.25, 0.3) is 0 Å². The van der Waals surface area contributed by atoms with Gasteiger partial charge in [-0.05, 0) is 25.8 Å². The lowest BCUT2D eigenvalue weighted by Crippen LogP contribution is -2.31. The maximum atomic E-state index is 10.6. The molecule has 0 spiro atoms. The Morgan fingerprint density at radius 2 is 2.50 bits per heavy atom. The van der Waals surface area contributed by atoms with Gasteiger partial charge in [0.05, 0.1) is 11.8 Å². The molecule has 1 aliphatic heterocycles. The summed E-state index contributed by atoms with van der Waals surface area (Å²) in [6.45, 7) is 0.979. The monoisotopic (exact) mass is 195 g/mol. The highest BCUT2D eigenvalue weighted by molar-refractivity contribution is 5.86. The molecule has 0 amide bonds. The van der Waals surface area contributed by atoms with E-state index in [1.807, 2.05) is 0 Å². The molecule has 1 atom stereocenters. The van der Waals surface area contributed by atoms with Crippen LogP contribution in [0, 0.1) is 0 Å². The van der Waals surface area contributed by atoms with Crippen molar-refractivity contribution < 1.29 is 9.90 Å². The van der Waals surface area contributed by atoms with Crippen molar-refractivity contribution in [2.75, 3.05) is 6.54 Å². The largest absolute Gasteiger partial charge is 0.478 e. The number of carbonyl (C=O) groups is 1. The van der Waals surface area contributed by atoms with E-state index in [4.69, 9.17) is 5.11 Å². The molecule has 76 valence electrons. The summed E-state index contributed by atoms with van der Waals surface area (Å²) in [5, 5.41) is 16.1. The number of piperidine rings is 1. The first kappa shape index (κ1) is 9.21. The van der Waals surface area contributed by atoms with Crippen LogP contribution in [0.3, 0.4) is 0 Å². The summed E-state index contributed by atoms with van der Waals surface area (Å²) in [6.07, 6.45) is 6.49. The van der Waals surface area contributed by atoms with E-state index in [-0.39, 0.29) is 11.7 Å². The fraction of sp³-hybridized carbons (Fsp3) is 0.556. The second-order valence-electron chi connectivity index (χ2n) is 3.48. The van der Waals surface area contributed by atoms with Crippen molar-refractivity contribution >= 4 is 5.97 Å². The van der Waals surface area contributed by atoms with E-state index in [0.717, 1.165) is 13.0 Å². The van der Waals surface area contributed by atoms with E-state index in [1.54, 1.807) is 10.9 Å². The zero-order chi connectivity index (χ0) is 9.97. The number of nitrogens with one attached hydrogen (secondary N) is 1. The Balaban J connectivity index is 2.11. The molecule has 0 bridgehead atoms. The zero-order valence-corrected chi connectivity index (χ0v) is 7.81. The molecule has 1 saturated heterocycles. The van der Waals surface area contributed by atoms with Gasteiger partial charge in [0.1, 0.15) is 6.17 Å². The van der Waals surface area contributed by atoms with Crippen molar-refractivity contribution in [3.63, 3.8) is 0 Å². The summed E-state index contributed by atoms with van der Waals surface area (Å²) in [6, 6.07) is 0. The average Bonchev–Trinajstić information content (AvgIpc) is 2.68. The molecule has 0 radical (unpaired) electrons. The minimum atomic E-state index is -0.924. The number of rotatable bonds is 2. The average molecular weight is 195 g/mol. The molecule has 0 saturated carbocycles. The van der Waals surface area contributed by atoms with Crippen LogP contribution in [0.1, 0.15) is 35.8 Å². The first-order chi connectivity index (χ1) is 6.77. The van der Waals surface area contributed by atoms with E-state index in [9.17, 15) is 4.79 Å². The molecule has 1 aromatic rings. The first-order valence-electron chi connectivity index (χ1n) is 4.78. The topological polar surface area (TPSA) is 67.1 Å². The molecule has 5 heteroatoms. The Labute approximate surface area is 81.7 Å². The SMILES string of the molecule is O=C(O)c1cnn([C@H]2CCCCN2)c1. The van der Waals surface area contributed by atoms with Crippen molar-refractivity contribution in [1.29, 1.82) is 0 Å². The molecule has 5 nitrogen and oxygen atoms in total. The number of nitrogens with zero attached hydrogens (tertiary/aromatic N) is 2. The first-order valence-corrected chi connectivity index (χ1v) is 4.78. The van der Waals surface area contributed by atoms with Crippen molar-refractivity contribution in [3.8, 4) is 0 Å². The molecule has 1 fully saturated rings. The third-order valence-corrected chi connectivity index (χ3v) is 2.45. The maximum Gasteiger partial charge on any atom is 0.338 e.